The van der Waals surface area contributed by atoms with Gasteiger partial charge in [0, 0.05) is 0 Å². The third-order valence-corrected chi connectivity index (χ3v) is 3.81. The number of hydrogen-bond acceptors (Lipinski definition) is 4. The van der Waals surface area contributed by atoms with Crippen molar-refractivity contribution in [2.45, 2.75) is 27.2 Å². The minimum absolute atomic E-state index is 0.00729. The molecular formula is C14H14Cl3NO3. The van der Waals surface area contributed by atoms with E-state index in [0.717, 1.165) is 0 Å². The van der Waals surface area contributed by atoms with Crippen molar-refractivity contribution in [2.24, 2.45) is 0 Å². The minimum atomic E-state index is -0.703. The fourth-order valence-electron chi connectivity index (χ4n) is 1.69. The zero-order valence-electron chi connectivity index (χ0n) is 11.8. The first kappa shape index (κ1) is 18.0. The van der Waals surface area contributed by atoms with Crippen molar-refractivity contribution < 1.29 is 14.3 Å². The van der Waals surface area contributed by atoms with Gasteiger partial charge in [0.15, 0.2) is 0 Å². The second kappa shape index (κ2) is 7.78. The lowest BCUT2D eigenvalue weighted by Gasteiger charge is -2.11. The number of carbonyl (C=O) groups excluding carboxylic acids is 2. The van der Waals surface area contributed by atoms with Gasteiger partial charge in [-0.2, -0.15) is 0 Å². The van der Waals surface area contributed by atoms with E-state index in [9.17, 15) is 9.59 Å². The lowest BCUT2D eigenvalue weighted by Crippen LogP contribution is -2.18. The van der Waals surface area contributed by atoms with E-state index in [1.54, 1.807) is 20.8 Å². The number of aryl methyl sites for hydroxylation is 1. The number of nitrogens with zero attached hydrogens (tertiary/aromatic N) is 1. The predicted octanol–water partition coefficient (Wildman–Crippen LogP) is 4.43. The summed E-state index contributed by atoms with van der Waals surface area (Å²) in [5, 5.41) is -0.0367. The van der Waals surface area contributed by atoms with Crippen LogP contribution in [0.2, 0.25) is 15.2 Å². The highest BCUT2D eigenvalue weighted by atomic mass is 35.5. The predicted molar refractivity (Wildman–Crippen MR) is 83.3 cm³/mol. The molecule has 0 N–H and O–H groups in total. The highest BCUT2D eigenvalue weighted by molar-refractivity contribution is 6.49. The molecule has 0 saturated carbocycles. The molecule has 1 rings (SSSR count). The first-order valence-corrected chi connectivity index (χ1v) is 7.41. The van der Waals surface area contributed by atoms with Gasteiger partial charge in [-0.25, -0.2) is 9.78 Å². The van der Waals surface area contributed by atoms with Gasteiger partial charge in [-0.3, -0.25) is 4.79 Å². The number of hydrogen-bond donors (Lipinski definition) is 0. The molecule has 114 valence electrons. The van der Waals surface area contributed by atoms with E-state index in [1.807, 2.05) is 0 Å². The Labute approximate surface area is 138 Å². The SMILES string of the molecule is CCC=C(C(=O)OCC)C(=O)c1c(C)nc(Cl)c(Cl)c1Cl. The van der Waals surface area contributed by atoms with Crippen LogP contribution in [-0.4, -0.2) is 23.3 Å². The van der Waals surface area contributed by atoms with Gasteiger partial charge in [0.2, 0.25) is 5.78 Å². The number of halogens is 3. The summed E-state index contributed by atoms with van der Waals surface area (Å²) in [7, 11) is 0. The maximum Gasteiger partial charge on any atom is 0.341 e. The number of ether oxygens (including phenoxy) is 1. The van der Waals surface area contributed by atoms with E-state index in [4.69, 9.17) is 39.5 Å². The summed E-state index contributed by atoms with van der Waals surface area (Å²) in [4.78, 5) is 28.4. The third-order valence-electron chi connectivity index (χ3n) is 2.60. The summed E-state index contributed by atoms with van der Waals surface area (Å²) in [6.45, 7) is 5.19. The number of esters is 1. The molecule has 4 nitrogen and oxygen atoms in total. The van der Waals surface area contributed by atoms with Crippen LogP contribution in [0.4, 0.5) is 0 Å². The Kier molecular flexibility index (Phi) is 6.65. The number of allylic oxidation sites excluding steroid dienone is 1. The van der Waals surface area contributed by atoms with Gasteiger partial charge >= 0.3 is 5.97 Å². The Morgan fingerprint density at radius 3 is 2.33 bits per heavy atom. The molecule has 0 fully saturated rings. The summed E-state index contributed by atoms with van der Waals surface area (Å²) >= 11 is 17.8. The monoisotopic (exact) mass is 349 g/mol. The number of pyridine rings is 1. The molecule has 1 aromatic heterocycles. The maximum atomic E-state index is 12.6. The van der Waals surface area contributed by atoms with Gasteiger partial charge in [-0.05, 0) is 20.3 Å². The van der Waals surface area contributed by atoms with E-state index in [0.29, 0.717) is 12.1 Å². The number of Topliss-reactive ketones (excluding diaryl/α,β-unsaturated/α-hetero) is 1. The average Bonchev–Trinajstić information content (AvgIpc) is 2.42. The molecule has 0 aromatic carbocycles. The quantitative estimate of drug-likeness (QED) is 0.197. The van der Waals surface area contributed by atoms with Gasteiger partial charge in [-0.15, -0.1) is 0 Å². The fourth-order valence-corrected chi connectivity index (χ4v) is 2.41. The largest absolute Gasteiger partial charge is 0.462 e. The highest BCUT2D eigenvalue weighted by Crippen LogP contribution is 2.34. The fraction of sp³-hybridized carbons (Fsp3) is 0.357. The topological polar surface area (TPSA) is 56.3 Å². The molecule has 0 atom stereocenters. The Balaban J connectivity index is 3.38. The molecule has 0 bridgehead atoms. The summed E-state index contributed by atoms with van der Waals surface area (Å²) in [6.07, 6.45) is 1.98. The molecule has 0 amide bonds. The van der Waals surface area contributed by atoms with E-state index >= 15 is 0 Å². The Morgan fingerprint density at radius 2 is 1.81 bits per heavy atom. The second-order valence-electron chi connectivity index (χ2n) is 4.07. The van der Waals surface area contributed by atoms with Crippen LogP contribution >= 0.6 is 34.8 Å². The molecule has 0 spiro atoms. The Hall–Kier alpha value is -1.10. The van der Waals surface area contributed by atoms with E-state index in [2.05, 4.69) is 4.98 Å². The van der Waals surface area contributed by atoms with Crippen molar-refractivity contribution in [2.75, 3.05) is 6.61 Å². The molecule has 0 aliphatic rings. The zero-order valence-corrected chi connectivity index (χ0v) is 14.1. The average molecular weight is 351 g/mol. The van der Waals surface area contributed by atoms with Crippen LogP contribution in [-0.2, 0) is 9.53 Å². The summed E-state index contributed by atoms with van der Waals surface area (Å²) in [5.74, 6) is -1.28. The molecule has 0 saturated heterocycles. The van der Waals surface area contributed by atoms with Crippen LogP contribution in [0.3, 0.4) is 0 Å². The van der Waals surface area contributed by atoms with E-state index in [-0.39, 0.29) is 32.9 Å². The molecule has 1 heterocycles. The normalized spacial score (nSPS) is 11.4. The first-order chi connectivity index (χ1) is 9.84. The van der Waals surface area contributed by atoms with Crippen LogP contribution in [0.1, 0.15) is 36.3 Å². The van der Waals surface area contributed by atoms with Crippen molar-refractivity contribution in [3.8, 4) is 0 Å². The highest BCUT2D eigenvalue weighted by Gasteiger charge is 2.27. The Bertz CT molecular complexity index is 612. The number of aromatic nitrogens is 1. The van der Waals surface area contributed by atoms with Crippen molar-refractivity contribution in [1.29, 1.82) is 0 Å². The molecule has 21 heavy (non-hydrogen) atoms. The molecule has 0 radical (unpaired) electrons. The maximum absolute atomic E-state index is 12.6. The standard InChI is InChI=1S/C14H14Cl3NO3/c1-4-6-8(14(20)21-5-2)12(19)9-7(3)18-13(17)11(16)10(9)15/h6H,4-5H2,1-3H3. The summed E-state index contributed by atoms with van der Waals surface area (Å²) in [6, 6.07) is 0. The lowest BCUT2D eigenvalue weighted by molar-refractivity contribution is -0.138. The third kappa shape index (κ3) is 3.96. The number of ketones is 1. The Morgan fingerprint density at radius 1 is 1.19 bits per heavy atom. The van der Waals surface area contributed by atoms with Crippen molar-refractivity contribution >= 4 is 46.6 Å². The van der Waals surface area contributed by atoms with Crippen LogP contribution in [0, 0.1) is 6.92 Å². The second-order valence-corrected chi connectivity index (χ2v) is 5.18. The molecule has 0 aliphatic carbocycles. The van der Waals surface area contributed by atoms with E-state index in [1.165, 1.54) is 6.08 Å². The van der Waals surface area contributed by atoms with Crippen molar-refractivity contribution in [3.63, 3.8) is 0 Å². The summed E-state index contributed by atoms with van der Waals surface area (Å²) < 4.78 is 4.88. The molecular weight excluding hydrogens is 337 g/mol. The van der Waals surface area contributed by atoms with Crippen LogP contribution in [0.15, 0.2) is 11.6 Å². The smallest absolute Gasteiger partial charge is 0.341 e. The van der Waals surface area contributed by atoms with Gasteiger partial charge < -0.3 is 4.74 Å². The van der Waals surface area contributed by atoms with E-state index < -0.39 is 11.8 Å². The molecule has 0 aliphatic heterocycles. The molecule has 1 aromatic rings. The van der Waals surface area contributed by atoms with Gasteiger partial charge in [0.05, 0.1) is 27.9 Å². The first-order valence-electron chi connectivity index (χ1n) is 6.28. The van der Waals surface area contributed by atoms with Crippen LogP contribution < -0.4 is 0 Å². The van der Waals surface area contributed by atoms with Crippen molar-refractivity contribution in [1.82, 2.24) is 4.98 Å². The number of rotatable bonds is 5. The number of carbonyl (C=O) groups is 2. The van der Waals surface area contributed by atoms with Gasteiger partial charge in [-0.1, -0.05) is 47.8 Å². The van der Waals surface area contributed by atoms with Crippen LogP contribution in [0.5, 0.6) is 0 Å². The lowest BCUT2D eigenvalue weighted by atomic mass is 10.0. The molecule has 0 unspecified atom stereocenters. The van der Waals surface area contributed by atoms with Crippen LogP contribution in [0.25, 0.3) is 0 Å². The minimum Gasteiger partial charge on any atom is -0.462 e. The van der Waals surface area contributed by atoms with Crippen molar-refractivity contribution in [3.05, 3.63) is 38.1 Å². The van der Waals surface area contributed by atoms with Gasteiger partial charge in [0.1, 0.15) is 10.7 Å². The molecule has 7 heteroatoms. The van der Waals surface area contributed by atoms with Gasteiger partial charge in [0.25, 0.3) is 0 Å². The summed E-state index contributed by atoms with van der Waals surface area (Å²) in [5.41, 5.74) is 0.258. The zero-order chi connectivity index (χ0) is 16.2.